The van der Waals surface area contributed by atoms with E-state index < -0.39 is 0 Å². The number of para-hydroxylation sites is 1. The van der Waals surface area contributed by atoms with Gasteiger partial charge in [0.25, 0.3) is 0 Å². The zero-order valence-electron chi connectivity index (χ0n) is 12.1. The molecule has 1 amide bonds. The number of carbonyl (C=O) groups excluding carboxylic acids is 1. The number of hydrogen-bond acceptors (Lipinski definition) is 3. The molecule has 1 aromatic carbocycles. The SMILES string of the molecule is CC(C)CNC(=O)CN(C)CCOc1ccccc1. The molecule has 1 aromatic rings. The Morgan fingerprint density at radius 3 is 2.63 bits per heavy atom. The van der Waals surface area contributed by atoms with Gasteiger partial charge in [0.1, 0.15) is 12.4 Å². The van der Waals surface area contributed by atoms with Crippen molar-refractivity contribution in [3.8, 4) is 5.75 Å². The van der Waals surface area contributed by atoms with Crippen LogP contribution in [0.2, 0.25) is 0 Å². The van der Waals surface area contributed by atoms with E-state index in [4.69, 9.17) is 4.74 Å². The van der Waals surface area contributed by atoms with Crippen molar-refractivity contribution < 1.29 is 9.53 Å². The van der Waals surface area contributed by atoms with E-state index in [1.165, 1.54) is 0 Å². The predicted molar refractivity (Wildman–Crippen MR) is 77.3 cm³/mol. The standard InChI is InChI=1S/C15H24N2O2/c1-13(2)11-16-15(18)12-17(3)9-10-19-14-7-5-4-6-8-14/h4-8,13H,9-12H2,1-3H3,(H,16,18). The van der Waals surface area contributed by atoms with Crippen LogP contribution in [0.4, 0.5) is 0 Å². The van der Waals surface area contributed by atoms with Crippen molar-refractivity contribution in [3.63, 3.8) is 0 Å². The van der Waals surface area contributed by atoms with Gasteiger partial charge in [0.05, 0.1) is 6.54 Å². The van der Waals surface area contributed by atoms with Crippen molar-refractivity contribution in [3.05, 3.63) is 30.3 Å². The number of nitrogens with zero attached hydrogens (tertiary/aromatic N) is 1. The van der Waals surface area contributed by atoms with Gasteiger partial charge in [-0.2, -0.15) is 0 Å². The highest BCUT2D eigenvalue weighted by atomic mass is 16.5. The molecule has 0 aliphatic heterocycles. The minimum atomic E-state index is 0.0657. The van der Waals surface area contributed by atoms with Crippen molar-refractivity contribution in [1.29, 1.82) is 0 Å². The van der Waals surface area contributed by atoms with Crippen molar-refractivity contribution >= 4 is 5.91 Å². The van der Waals surface area contributed by atoms with Crippen LogP contribution in [0.3, 0.4) is 0 Å². The third-order valence-electron chi connectivity index (χ3n) is 2.61. The fourth-order valence-electron chi connectivity index (χ4n) is 1.53. The molecule has 0 atom stereocenters. The van der Waals surface area contributed by atoms with Crippen LogP contribution in [0.5, 0.6) is 5.75 Å². The lowest BCUT2D eigenvalue weighted by molar-refractivity contribution is -0.122. The maximum atomic E-state index is 11.6. The van der Waals surface area contributed by atoms with Crippen LogP contribution in [-0.2, 0) is 4.79 Å². The second-order valence-electron chi connectivity index (χ2n) is 5.10. The van der Waals surface area contributed by atoms with Gasteiger partial charge in [0.15, 0.2) is 0 Å². The quantitative estimate of drug-likeness (QED) is 0.778. The second-order valence-corrected chi connectivity index (χ2v) is 5.10. The third-order valence-corrected chi connectivity index (χ3v) is 2.61. The van der Waals surface area contributed by atoms with Crippen LogP contribution in [0, 0.1) is 5.92 Å². The van der Waals surface area contributed by atoms with E-state index in [9.17, 15) is 4.79 Å². The molecule has 106 valence electrons. The number of rotatable bonds is 8. The molecule has 1 rings (SSSR count). The van der Waals surface area contributed by atoms with Gasteiger partial charge in [0.2, 0.25) is 5.91 Å². The summed E-state index contributed by atoms with van der Waals surface area (Å²) in [6.07, 6.45) is 0. The van der Waals surface area contributed by atoms with Gasteiger partial charge in [-0.3, -0.25) is 9.69 Å². The van der Waals surface area contributed by atoms with Crippen LogP contribution in [0.1, 0.15) is 13.8 Å². The average molecular weight is 264 g/mol. The molecule has 0 aliphatic carbocycles. The van der Waals surface area contributed by atoms with Crippen molar-refractivity contribution in [1.82, 2.24) is 10.2 Å². The number of nitrogens with one attached hydrogen (secondary N) is 1. The highest BCUT2D eigenvalue weighted by Crippen LogP contribution is 2.07. The Morgan fingerprint density at radius 2 is 2.00 bits per heavy atom. The highest BCUT2D eigenvalue weighted by molar-refractivity contribution is 5.77. The lowest BCUT2D eigenvalue weighted by atomic mass is 10.2. The lowest BCUT2D eigenvalue weighted by Gasteiger charge is -2.17. The smallest absolute Gasteiger partial charge is 0.234 e. The second kappa shape index (κ2) is 8.53. The molecular formula is C15H24N2O2. The Kier molecular flexibility index (Phi) is 6.97. The Labute approximate surface area is 115 Å². The number of benzene rings is 1. The molecule has 0 bridgehead atoms. The van der Waals surface area contributed by atoms with Gasteiger partial charge >= 0.3 is 0 Å². The van der Waals surface area contributed by atoms with E-state index in [0.717, 1.165) is 18.8 Å². The van der Waals surface area contributed by atoms with Gasteiger partial charge in [-0.1, -0.05) is 32.0 Å². The highest BCUT2D eigenvalue weighted by Gasteiger charge is 2.06. The summed E-state index contributed by atoms with van der Waals surface area (Å²) in [5, 5.41) is 2.90. The minimum Gasteiger partial charge on any atom is -0.492 e. The molecule has 0 unspecified atom stereocenters. The Hall–Kier alpha value is -1.55. The lowest BCUT2D eigenvalue weighted by Crippen LogP contribution is -2.38. The first kappa shape index (κ1) is 15.5. The molecule has 0 heterocycles. The van der Waals surface area contributed by atoms with Crippen LogP contribution in [-0.4, -0.2) is 44.1 Å². The predicted octanol–water partition coefficient (Wildman–Crippen LogP) is 1.77. The molecule has 0 aromatic heterocycles. The summed E-state index contributed by atoms with van der Waals surface area (Å²) in [7, 11) is 1.92. The first-order chi connectivity index (χ1) is 9.08. The summed E-state index contributed by atoms with van der Waals surface area (Å²) in [5.41, 5.74) is 0. The van der Waals surface area contributed by atoms with E-state index in [0.29, 0.717) is 19.1 Å². The molecule has 0 fully saturated rings. The molecule has 0 spiro atoms. The van der Waals surface area contributed by atoms with E-state index in [1.54, 1.807) is 0 Å². The van der Waals surface area contributed by atoms with Crippen LogP contribution in [0.15, 0.2) is 30.3 Å². The fraction of sp³-hybridized carbons (Fsp3) is 0.533. The summed E-state index contributed by atoms with van der Waals surface area (Å²) in [6, 6.07) is 9.69. The van der Waals surface area contributed by atoms with Gasteiger partial charge < -0.3 is 10.1 Å². The van der Waals surface area contributed by atoms with E-state index >= 15 is 0 Å². The first-order valence-electron chi connectivity index (χ1n) is 6.71. The zero-order chi connectivity index (χ0) is 14.1. The average Bonchev–Trinajstić information content (AvgIpc) is 2.37. The molecule has 4 nitrogen and oxygen atoms in total. The van der Waals surface area contributed by atoms with Gasteiger partial charge in [-0.05, 0) is 25.1 Å². The molecule has 0 radical (unpaired) electrons. The van der Waals surface area contributed by atoms with E-state index in [1.807, 2.05) is 42.3 Å². The maximum Gasteiger partial charge on any atom is 0.234 e. The Balaban J connectivity index is 2.14. The topological polar surface area (TPSA) is 41.6 Å². The van der Waals surface area contributed by atoms with Gasteiger partial charge in [-0.15, -0.1) is 0 Å². The van der Waals surface area contributed by atoms with Crippen molar-refractivity contribution in [2.24, 2.45) is 5.92 Å². The molecule has 1 N–H and O–H groups in total. The Morgan fingerprint density at radius 1 is 1.32 bits per heavy atom. The molecule has 0 saturated carbocycles. The summed E-state index contributed by atoms with van der Waals surface area (Å²) >= 11 is 0. The zero-order valence-corrected chi connectivity index (χ0v) is 12.1. The number of amides is 1. The maximum absolute atomic E-state index is 11.6. The summed E-state index contributed by atoms with van der Waals surface area (Å²) < 4.78 is 5.58. The number of hydrogen-bond donors (Lipinski definition) is 1. The van der Waals surface area contributed by atoms with Crippen molar-refractivity contribution in [2.45, 2.75) is 13.8 Å². The number of ether oxygens (including phenoxy) is 1. The summed E-state index contributed by atoms with van der Waals surface area (Å²) in [5.74, 6) is 1.41. The summed E-state index contributed by atoms with van der Waals surface area (Å²) in [4.78, 5) is 13.6. The van der Waals surface area contributed by atoms with Crippen LogP contribution < -0.4 is 10.1 Å². The molecule has 0 aliphatic rings. The van der Waals surface area contributed by atoms with Crippen LogP contribution >= 0.6 is 0 Å². The molecule has 0 saturated heterocycles. The molecular weight excluding hydrogens is 240 g/mol. The fourth-order valence-corrected chi connectivity index (χ4v) is 1.53. The Bertz CT molecular complexity index is 366. The summed E-state index contributed by atoms with van der Waals surface area (Å²) in [6.45, 7) is 6.61. The normalized spacial score (nSPS) is 10.8. The van der Waals surface area contributed by atoms with Crippen molar-refractivity contribution in [2.75, 3.05) is 33.3 Å². The number of carbonyl (C=O) groups is 1. The molecule has 19 heavy (non-hydrogen) atoms. The third kappa shape index (κ3) is 7.47. The van der Waals surface area contributed by atoms with Gasteiger partial charge in [-0.25, -0.2) is 0 Å². The molecule has 4 heteroatoms. The first-order valence-corrected chi connectivity index (χ1v) is 6.71. The van der Waals surface area contributed by atoms with Crippen LogP contribution in [0.25, 0.3) is 0 Å². The number of likely N-dealkylation sites (N-methyl/N-ethyl adjacent to an activating group) is 1. The largest absolute Gasteiger partial charge is 0.492 e. The van der Waals surface area contributed by atoms with E-state index in [2.05, 4.69) is 19.2 Å². The monoisotopic (exact) mass is 264 g/mol. The van der Waals surface area contributed by atoms with Gasteiger partial charge in [0, 0.05) is 13.1 Å². The minimum absolute atomic E-state index is 0.0657. The van der Waals surface area contributed by atoms with E-state index in [-0.39, 0.29) is 5.91 Å².